The van der Waals surface area contributed by atoms with Crippen LogP contribution < -0.4 is 5.32 Å². The summed E-state index contributed by atoms with van der Waals surface area (Å²) in [5.41, 5.74) is 0.914. The van der Waals surface area contributed by atoms with Crippen LogP contribution in [-0.2, 0) is 6.54 Å². The van der Waals surface area contributed by atoms with E-state index < -0.39 is 0 Å². The van der Waals surface area contributed by atoms with Crippen LogP contribution in [0.5, 0.6) is 0 Å². The highest BCUT2D eigenvalue weighted by Gasteiger charge is 2.08. The Morgan fingerprint density at radius 1 is 1.17 bits per heavy atom. The van der Waals surface area contributed by atoms with Gasteiger partial charge in [0.25, 0.3) is 0 Å². The number of halogens is 1. The Kier molecular flexibility index (Phi) is 5.50. The summed E-state index contributed by atoms with van der Waals surface area (Å²) in [7, 11) is 0. The molecule has 3 rings (SSSR count). The van der Waals surface area contributed by atoms with Crippen molar-refractivity contribution in [3.05, 3.63) is 59.8 Å². The summed E-state index contributed by atoms with van der Waals surface area (Å²) in [5.74, 6) is 2.07. The Labute approximate surface area is 143 Å². The first-order valence-corrected chi connectivity index (χ1v) is 8.51. The molecule has 2 heterocycles. The molecular formula is C16H17FN6S. The van der Waals surface area contributed by atoms with Gasteiger partial charge in [0.2, 0.25) is 0 Å². The Hall–Kier alpha value is -2.32. The summed E-state index contributed by atoms with van der Waals surface area (Å²) in [4.78, 5) is 5.47. The van der Waals surface area contributed by atoms with E-state index in [1.54, 1.807) is 28.6 Å². The molecule has 0 aliphatic rings. The maximum absolute atomic E-state index is 12.8. The molecule has 8 heteroatoms. The molecule has 1 N–H and O–H groups in total. The Morgan fingerprint density at radius 2 is 2.00 bits per heavy atom. The van der Waals surface area contributed by atoms with Crippen LogP contribution in [0.25, 0.3) is 5.82 Å². The van der Waals surface area contributed by atoms with E-state index in [-0.39, 0.29) is 5.82 Å². The van der Waals surface area contributed by atoms with Crippen LogP contribution in [0.3, 0.4) is 0 Å². The molecule has 6 nitrogen and oxygen atoms in total. The second-order valence-electron chi connectivity index (χ2n) is 5.12. The third kappa shape index (κ3) is 4.36. The number of aryl methyl sites for hydroxylation is 1. The number of hydrogen-bond acceptors (Lipinski definition) is 6. The predicted molar refractivity (Wildman–Crippen MR) is 90.5 cm³/mol. The first kappa shape index (κ1) is 16.5. The molecule has 0 radical (unpaired) electrons. The minimum absolute atomic E-state index is 0.214. The van der Waals surface area contributed by atoms with E-state index in [1.165, 1.54) is 12.1 Å². The van der Waals surface area contributed by atoms with Crippen molar-refractivity contribution in [2.75, 3.05) is 12.3 Å². The van der Waals surface area contributed by atoms with Crippen molar-refractivity contribution >= 4 is 11.8 Å². The van der Waals surface area contributed by atoms with E-state index in [1.807, 2.05) is 25.1 Å². The molecule has 0 unspecified atom stereocenters. The van der Waals surface area contributed by atoms with E-state index in [2.05, 4.69) is 25.8 Å². The zero-order valence-electron chi connectivity index (χ0n) is 13.2. The molecule has 0 saturated carbocycles. The van der Waals surface area contributed by atoms with Gasteiger partial charge in [0.05, 0.1) is 6.54 Å². The standard InChI is InChI=1S/C16H17FN6S/c1-12-3-2-4-15(19-12)23-16(20-21-22-23)11-18-9-10-24-14-7-5-13(17)6-8-14/h2-8,18H,9-11H2,1H3. The van der Waals surface area contributed by atoms with Crippen molar-refractivity contribution in [3.8, 4) is 5.82 Å². The Morgan fingerprint density at radius 3 is 2.79 bits per heavy atom. The number of aromatic nitrogens is 5. The van der Waals surface area contributed by atoms with Gasteiger partial charge in [0, 0.05) is 22.9 Å². The summed E-state index contributed by atoms with van der Waals surface area (Å²) in [6, 6.07) is 12.2. The van der Waals surface area contributed by atoms with Crippen molar-refractivity contribution < 1.29 is 4.39 Å². The van der Waals surface area contributed by atoms with Crippen LogP contribution >= 0.6 is 11.8 Å². The number of nitrogens with zero attached hydrogens (tertiary/aromatic N) is 5. The van der Waals surface area contributed by atoms with Gasteiger partial charge >= 0.3 is 0 Å². The normalized spacial score (nSPS) is 10.9. The molecule has 2 aromatic heterocycles. The monoisotopic (exact) mass is 344 g/mol. The van der Waals surface area contributed by atoms with E-state index >= 15 is 0 Å². The van der Waals surface area contributed by atoms with Gasteiger partial charge in [-0.25, -0.2) is 9.37 Å². The molecular weight excluding hydrogens is 327 g/mol. The second-order valence-corrected chi connectivity index (χ2v) is 6.29. The van der Waals surface area contributed by atoms with Gasteiger partial charge in [0.15, 0.2) is 11.6 Å². The van der Waals surface area contributed by atoms with Crippen LogP contribution in [-0.4, -0.2) is 37.5 Å². The third-order valence-electron chi connectivity index (χ3n) is 3.27. The molecule has 3 aromatic rings. The smallest absolute Gasteiger partial charge is 0.172 e. The molecule has 0 aliphatic heterocycles. The zero-order valence-corrected chi connectivity index (χ0v) is 14.0. The van der Waals surface area contributed by atoms with Crippen molar-refractivity contribution in [2.24, 2.45) is 0 Å². The summed E-state index contributed by atoms with van der Waals surface area (Å²) >= 11 is 1.67. The molecule has 0 fully saturated rings. The van der Waals surface area contributed by atoms with Crippen molar-refractivity contribution in [3.63, 3.8) is 0 Å². The minimum atomic E-state index is -0.214. The van der Waals surface area contributed by atoms with Crippen LogP contribution in [0.1, 0.15) is 11.5 Å². The number of rotatable bonds is 7. The Balaban J connectivity index is 1.49. The third-order valence-corrected chi connectivity index (χ3v) is 4.28. The number of hydrogen-bond donors (Lipinski definition) is 1. The number of pyridine rings is 1. The molecule has 0 atom stereocenters. The number of benzene rings is 1. The van der Waals surface area contributed by atoms with Gasteiger partial charge in [-0.3, -0.25) is 0 Å². The number of thioether (sulfide) groups is 1. The SMILES string of the molecule is Cc1cccc(-n2nnnc2CNCCSc2ccc(F)cc2)n1. The predicted octanol–water partition coefficient (Wildman–Crippen LogP) is 2.39. The fourth-order valence-electron chi connectivity index (χ4n) is 2.11. The van der Waals surface area contributed by atoms with Crippen molar-refractivity contribution in [1.82, 2.24) is 30.5 Å². The maximum atomic E-state index is 12.8. The maximum Gasteiger partial charge on any atom is 0.172 e. The summed E-state index contributed by atoms with van der Waals surface area (Å²) in [6.45, 7) is 3.27. The second kappa shape index (κ2) is 7.98. The van der Waals surface area contributed by atoms with E-state index in [0.717, 1.165) is 22.9 Å². The molecule has 0 amide bonds. The molecule has 0 aliphatic carbocycles. The minimum Gasteiger partial charge on any atom is -0.309 e. The summed E-state index contributed by atoms with van der Waals surface area (Å²) in [6.07, 6.45) is 0. The summed E-state index contributed by atoms with van der Waals surface area (Å²) in [5, 5.41) is 15.1. The van der Waals surface area contributed by atoms with Gasteiger partial charge in [-0.1, -0.05) is 6.07 Å². The lowest BCUT2D eigenvalue weighted by Gasteiger charge is -2.06. The van der Waals surface area contributed by atoms with Gasteiger partial charge in [-0.05, 0) is 53.7 Å². The molecule has 0 bridgehead atoms. The van der Waals surface area contributed by atoms with Crippen molar-refractivity contribution in [2.45, 2.75) is 18.4 Å². The van der Waals surface area contributed by atoms with Gasteiger partial charge in [-0.2, -0.15) is 4.68 Å². The fourth-order valence-corrected chi connectivity index (χ4v) is 2.92. The average molecular weight is 344 g/mol. The highest BCUT2D eigenvalue weighted by molar-refractivity contribution is 7.99. The van der Waals surface area contributed by atoms with E-state index in [9.17, 15) is 4.39 Å². The van der Waals surface area contributed by atoms with E-state index in [4.69, 9.17) is 0 Å². The number of tetrazole rings is 1. The topological polar surface area (TPSA) is 68.5 Å². The molecule has 24 heavy (non-hydrogen) atoms. The van der Waals surface area contributed by atoms with E-state index in [0.29, 0.717) is 18.2 Å². The van der Waals surface area contributed by atoms with Crippen LogP contribution in [0.4, 0.5) is 4.39 Å². The molecule has 1 aromatic carbocycles. The number of nitrogens with one attached hydrogen (secondary N) is 1. The average Bonchev–Trinajstić information content (AvgIpc) is 3.05. The molecule has 124 valence electrons. The lowest BCUT2D eigenvalue weighted by Crippen LogP contribution is -2.20. The molecule has 0 spiro atoms. The van der Waals surface area contributed by atoms with Crippen LogP contribution in [0.15, 0.2) is 47.4 Å². The van der Waals surface area contributed by atoms with Gasteiger partial charge in [0.1, 0.15) is 5.82 Å². The quantitative estimate of drug-likeness (QED) is 0.524. The highest BCUT2D eigenvalue weighted by atomic mass is 32.2. The first-order chi connectivity index (χ1) is 11.7. The highest BCUT2D eigenvalue weighted by Crippen LogP contribution is 2.17. The lowest BCUT2D eigenvalue weighted by molar-refractivity contribution is 0.626. The lowest BCUT2D eigenvalue weighted by atomic mass is 10.4. The van der Waals surface area contributed by atoms with Gasteiger partial charge < -0.3 is 5.32 Å². The largest absolute Gasteiger partial charge is 0.309 e. The van der Waals surface area contributed by atoms with Gasteiger partial charge in [-0.15, -0.1) is 16.9 Å². The van der Waals surface area contributed by atoms with Crippen molar-refractivity contribution in [1.29, 1.82) is 0 Å². The van der Waals surface area contributed by atoms with Crippen LogP contribution in [0, 0.1) is 12.7 Å². The van der Waals surface area contributed by atoms with Crippen LogP contribution in [0.2, 0.25) is 0 Å². The zero-order chi connectivity index (χ0) is 16.8. The molecule has 0 saturated heterocycles. The Bertz CT molecular complexity index is 789. The fraction of sp³-hybridized carbons (Fsp3) is 0.250. The summed E-state index contributed by atoms with van der Waals surface area (Å²) < 4.78 is 14.5. The first-order valence-electron chi connectivity index (χ1n) is 7.53.